The van der Waals surface area contributed by atoms with Crippen LogP contribution in [0.3, 0.4) is 0 Å². The quantitative estimate of drug-likeness (QED) is 0.874. The summed E-state index contributed by atoms with van der Waals surface area (Å²) in [6, 6.07) is 12.5. The number of benzene rings is 1. The maximum Gasteiger partial charge on any atom is 0.126 e. The van der Waals surface area contributed by atoms with Crippen molar-refractivity contribution in [2.45, 2.75) is 32.6 Å². The summed E-state index contributed by atoms with van der Waals surface area (Å²) in [6.07, 6.45) is 5.50. The van der Waals surface area contributed by atoms with Crippen LogP contribution in [0.15, 0.2) is 36.4 Å². The molecule has 100 valence electrons. The van der Waals surface area contributed by atoms with Crippen molar-refractivity contribution in [3.8, 4) is 0 Å². The summed E-state index contributed by atoms with van der Waals surface area (Å²) < 4.78 is 0. The normalized spacial score (nSPS) is 23.4. The molecule has 0 unspecified atom stereocenters. The van der Waals surface area contributed by atoms with Crippen molar-refractivity contribution >= 4 is 16.7 Å². The average molecular weight is 254 g/mol. The van der Waals surface area contributed by atoms with Gasteiger partial charge in [-0.05, 0) is 42.9 Å². The molecule has 1 aliphatic carbocycles. The topological polar surface area (TPSA) is 24.9 Å². The van der Waals surface area contributed by atoms with E-state index in [4.69, 9.17) is 0 Å². The average Bonchev–Trinajstić information content (AvgIpc) is 2.46. The van der Waals surface area contributed by atoms with Gasteiger partial charge in [0.25, 0.3) is 0 Å². The Morgan fingerprint density at radius 3 is 2.68 bits per heavy atom. The Balaban J connectivity index is 1.62. The van der Waals surface area contributed by atoms with E-state index in [9.17, 15) is 0 Å². The van der Waals surface area contributed by atoms with Crippen LogP contribution in [0, 0.1) is 11.8 Å². The molecule has 0 bridgehead atoms. The van der Waals surface area contributed by atoms with Crippen molar-refractivity contribution in [2.24, 2.45) is 11.8 Å². The molecule has 1 aromatic heterocycles. The fraction of sp³-hybridized carbons (Fsp3) is 0.471. The first-order valence-electron chi connectivity index (χ1n) is 7.41. The van der Waals surface area contributed by atoms with E-state index in [1.54, 1.807) is 0 Å². The SMILES string of the molecule is CC1CCC(CNc2ccc3ccccc3n2)CC1. The second kappa shape index (κ2) is 5.60. The summed E-state index contributed by atoms with van der Waals surface area (Å²) in [7, 11) is 0. The summed E-state index contributed by atoms with van der Waals surface area (Å²) >= 11 is 0. The number of pyridine rings is 1. The van der Waals surface area contributed by atoms with Gasteiger partial charge >= 0.3 is 0 Å². The van der Waals surface area contributed by atoms with Crippen molar-refractivity contribution in [1.82, 2.24) is 4.98 Å². The van der Waals surface area contributed by atoms with E-state index in [1.807, 2.05) is 6.07 Å². The van der Waals surface area contributed by atoms with E-state index in [2.05, 4.69) is 47.6 Å². The Morgan fingerprint density at radius 2 is 1.84 bits per heavy atom. The monoisotopic (exact) mass is 254 g/mol. The molecule has 2 nitrogen and oxygen atoms in total. The highest BCUT2D eigenvalue weighted by Gasteiger charge is 2.17. The molecule has 1 aliphatic rings. The number of para-hydroxylation sites is 1. The lowest BCUT2D eigenvalue weighted by molar-refractivity contribution is 0.300. The molecule has 1 aromatic carbocycles. The molecule has 1 fully saturated rings. The Kier molecular flexibility index (Phi) is 3.67. The maximum absolute atomic E-state index is 4.66. The third-order valence-electron chi connectivity index (χ3n) is 4.31. The number of hydrogen-bond donors (Lipinski definition) is 1. The minimum absolute atomic E-state index is 0.824. The fourth-order valence-corrected chi connectivity index (χ4v) is 2.95. The minimum Gasteiger partial charge on any atom is -0.370 e. The molecule has 19 heavy (non-hydrogen) atoms. The molecule has 2 heteroatoms. The number of nitrogens with one attached hydrogen (secondary N) is 1. The van der Waals surface area contributed by atoms with Crippen LogP contribution >= 0.6 is 0 Å². The molecule has 0 spiro atoms. The Labute approximate surface area is 115 Å². The van der Waals surface area contributed by atoms with Crippen molar-refractivity contribution < 1.29 is 0 Å². The van der Waals surface area contributed by atoms with Crippen LogP contribution in [0.5, 0.6) is 0 Å². The van der Waals surface area contributed by atoms with Gasteiger partial charge in [-0.2, -0.15) is 0 Å². The second-order valence-electron chi connectivity index (χ2n) is 5.90. The summed E-state index contributed by atoms with van der Waals surface area (Å²) in [6.45, 7) is 3.44. The number of nitrogens with zero attached hydrogens (tertiary/aromatic N) is 1. The summed E-state index contributed by atoms with van der Waals surface area (Å²) in [4.78, 5) is 4.66. The van der Waals surface area contributed by atoms with Crippen LogP contribution in [0.25, 0.3) is 10.9 Å². The zero-order valence-corrected chi connectivity index (χ0v) is 11.6. The van der Waals surface area contributed by atoms with Gasteiger partial charge in [-0.15, -0.1) is 0 Å². The molecule has 0 atom stereocenters. The molecule has 0 amide bonds. The maximum atomic E-state index is 4.66. The molecular formula is C17H22N2. The summed E-state index contributed by atoms with van der Waals surface area (Å²) in [5.41, 5.74) is 1.07. The van der Waals surface area contributed by atoms with Gasteiger partial charge in [-0.1, -0.05) is 38.0 Å². The molecule has 0 radical (unpaired) electrons. The van der Waals surface area contributed by atoms with E-state index >= 15 is 0 Å². The zero-order chi connectivity index (χ0) is 13.1. The number of fused-ring (bicyclic) bond motifs is 1. The lowest BCUT2D eigenvalue weighted by Crippen LogP contribution is -2.20. The Bertz CT molecular complexity index is 542. The summed E-state index contributed by atoms with van der Waals surface area (Å²) in [5.74, 6) is 2.76. The Hall–Kier alpha value is -1.57. The highest BCUT2D eigenvalue weighted by Crippen LogP contribution is 2.28. The first kappa shape index (κ1) is 12.5. The van der Waals surface area contributed by atoms with Crippen molar-refractivity contribution in [1.29, 1.82) is 0 Å². The number of aromatic nitrogens is 1. The van der Waals surface area contributed by atoms with Crippen LogP contribution in [-0.2, 0) is 0 Å². The first-order valence-corrected chi connectivity index (χ1v) is 7.41. The molecule has 1 N–H and O–H groups in total. The molecule has 1 heterocycles. The van der Waals surface area contributed by atoms with E-state index < -0.39 is 0 Å². The van der Waals surface area contributed by atoms with E-state index in [-0.39, 0.29) is 0 Å². The highest BCUT2D eigenvalue weighted by atomic mass is 15.0. The minimum atomic E-state index is 0.824. The number of anilines is 1. The van der Waals surface area contributed by atoms with Crippen LogP contribution in [0.4, 0.5) is 5.82 Å². The lowest BCUT2D eigenvalue weighted by atomic mass is 9.83. The van der Waals surface area contributed by atoms with E-state index in [1.165, 1.54) is 31.1 Å². The van der Waals surface area contributed by atoms with E-state index in [0.717, 1.165) is 29.7 Å². The third-order valence-corrected chi connectivity index (χ3v) is 4.31. The van der Waals surface area contributed by atoms with Crippen molar-refractivity contribution in [2.75, 3.05) is 11.9 Å². The van der Waals surface area contributed by atoms with Gasteiger partial charge in [0.15, 0.2) is 0 Å². The van der Waals surface area contributed by atoms with Gasteiger partial charge in [0.1, 0.15) is 5.82 Å². The van der Waals surface area contributed by atoms with Gasteiger partial charge < -0.3 is 5.32 Å². The second-order valence-corrected chi connectivity index (χ2v) is 5.90. The van der Waals surface area contributed by atoms with Crippen molar-refractivity contribution in [3.05, 3.63) is 36.4 Å². The summed E-state index contributed by atoms with van der Waals surface area (Å²) in [5, 5.41) is 4.72. The standard InChI is InChI=1S/C17H22N2/c1-13-6-8-14(9-7-13)12-18-17-11-10-15-4-2-3-5-16(15)19-17/h2-5,10-11,13-14H,6-9,12H2,1H3,(H,18,19). The molecule has 3 rings (SSSR count). The van der Waals surface area contributed by atoms with Gasteiger partial charge in [0.2, 0.25) is 0 Å². The zero-order valence-electron chi connectivity index (χ0n) is 11.6. The molecular weight excluding hydrogens is 232 g/mol. The van der Waals surface area contributed by atoms with E-state index in [0.29, 0.717) is 0 Å². The third kappa shape index (κ3) is 3.06. The predicted octanol–water partition coefficient (Wildman–Crippen LogP) is 4.47. The van der Waals surface area contributed by atoms with Crippen LogP contribution in [-0.4, -0.2) is 11.5 Å². The molecule has 0 saturated heterocycles. The number of rotatable bonds is 3. The fourth-order valence-electron chi connectivity index (χ4n) is 2.95. The van der Waals surface area contributed by atoms with Gasteiger partial charge in [0.05, 0.1) is 5.52 Å². The first-order chi connectivity index (χ1) is 9.31. The highest BCUT2D eigenvalue weighted by molar-refractivity contribution is 5.79. The Morgan fingerprint density at radius 1 is 1.05 bits per heavy atom. The predicted molar refractivity (Wildman–Crippen MR) is 81.4 cm³/mol. The molecule has 0 aliphatic heterocycles. The van der Waals surface area contributed by atoms with Gasteiger partial charge in [-0.3, -0.25) is 0 Å². The largest absolute Gasteiger partial charge is 0.370 e. The van der Waals surface area contributed by atoms with Crippen molar-refractivity contribution in [3.63, 3.8) is 0 Å². The van der Waals surface area contributed by atoms with Crippen LogP contribution in [0.1, 0.15) is 32.6 Å². The van der Waals surface area contributed by atoms with Crippen LogP contribution < -0.4 is 5.32 Å². The smallest absolute Gasteiger partial charge is 0.126 e. The molecule has 2 aromatic rings. The van der Waals surface area contributed by atoms with Gasteiger partial charge in [0, 0.05) is 11.9 Å². The number of hydrogen-bond acceptors (Lipinski definition) is 2. The molecule has 1 saturated carbocycles. The lowest BCUT2D eigenvalue weighted by Gasteiger charge is -2.26. The van der Waals surface area contributed by atoms with Crippen LogP contribution in [0.2, 0.25) is 0 Å². The van der Waals surface area contributed by atoms with Gasteiger partial charge in [-0.25, -0.2) is 4.98 Å².